The number of amides is 1. The van der Waals surface area contributed by atoms with Crippen molar-refractivity contribution in [2.75, 3.05) is 17.2 Å². The van der Waals surface area contributed by atoms with E-state index in [-0.39, 0.29) is 12.5 Å². The van der Waals surface area contributed by atoms with Crippen LogP contribution in [0.1, 0.15) is 19.4 Å². The van der Waals surface area contributed by atoms with Crippen molar-refractivity contribution in [2.24, 2.45) is 0 Å². The third-order valence-corrected chi connectivity index (χ3v) is 2.53. The summed E-state index contributed by atoms with van der Waals surface area (Å²) >= 11 is 0. The lowest BCUT2D eigenvalue weighted by atomic mass is 10.2. The van der Waals surface area contributed by atoms with E-state index >= 15 is 0 Å². The standard InChI is InChI=1S/C15H16N2O.C2H6/c1-12-6-5-9-14(10-12)17-15(18)11-16-13-7-3-2-4-8-13;1-2/h2-10,16H,11H2,1H3,(H,17,18);1-2H3. The van der Waals surface area contributed by atoms with Gasteiger partial charge in [-0.05, 0) is 36.8 Å². The summed E-state index contributed by atoms with van der Waals surface area (Å²) in [4.78, 5) is 11.7. The molecule has 0 aliphatic rings. The molecule has 0 atom stereocenters. The van der Waals surface area contributed by atoms with Gasteiger partial charge in [0.15, 0.2) is 0 Å². The number of hydrogen-bond donors (Lipinski definition) is 2. The van der Waals surface area contributed by atoms with E-state index in [1.54, 1.807) is 0 Å². The molecule has 0 aliphatic carbocycles. The van der Waals surface area contributed by atoms with Gasteiger partial charge in [0.05, 0.1) is 6.54 Å². The van der Waals surface area contributed by atoms with Crippen LogP contribution in [-0.4, -0.2) is 12.5 Å². The van der Waals surface area contributed by atoms with E-state index in [4.69, 9.17) is 0 Å². The molecule has 0 fully saturated rings. The molecule has 2 rings (SSSR count). The number of aryl methyl sites for hydroxylation is 1. The Labute approximate surface area is 121 Å². The predicted molar refractivity (Wildman–Crippen MR) is 86.1 cm³/mol. The fraction of sp³-hybridized carbons (Fsp3) is 0.235. The van der Waals surface area contributed by atoms with Crippen LogP contribution in [0.3, 0.4) is 0 Å². The molecule has 3 nitrogen and oxygen atoms in total. The first-order valence-electron chi connectivity index (χ1n) is 6.89. The molecule has 0 saturated carbocycles. The predicted octanol–water partition coefficient (Wildman–Crippen LogP) is 4.07. The molecule has 0 aromatic heterocycles. The lowest BCUT2D eigenvalue weighted by Crippen LogP contribution is -2.21. The van der Waals surface area contributed by atoms with Crippen LogP contribution in [0.2, 0.25) is 0 Å². The average Bonchev–Trinajstić information content (AvgIpc) is 2.48. The van der Waals surface area contributed by atoms with E-state index in [1.807, 2.05) is 75.4 Å². The number of rotatable bonds is 4. The first kappa shape index (κ1) is 15.8. The lowest BCUT2D eigenvalue weighted by Gasteiger charge is -2.08. The number of carbonyl (C=O) groups is 1. The Kier molecular flexibility index (Phi) is 6.90. The van der Waals surface area contributed by atoms with Crippen LogP contribution in [0, 0.1) is 6.92 Å². The van der Waals surface area contributed by atoms with E-state index in [0.29, 0.717) is 0 Å². The summed E-state index contributed by atoms with van der Waals surface area (Å²) in [5.74, 6) is -0.0514. The van der Waals surface area contributed by atoms with Gasteiger partial charge in [0.2, 0.25) is 5.91 Å². The van der Waals surface area contributed by atoms with Crippen molar-refractivity contribution in [3.8, 4) is 0 Å². The fourth-order valence-corrected chi connectivity index (χ4v) is 1.67. The van der Waals surface area contributed by atoms with E-state index in [0.717, 1.165) is 16.9 Å². The van der Waals surface area contributed by atoms with Crippen LogP contribution in [0.4, 0.5) is 11.4 Å². The van der Waals surface area contributed by atoms with Crippen LogP contribution in [0.15, 0.2) is 54.6 Å². The van der Waals surface area contributed by atoms with Crippen LogP contribution in [0.5, 0.6) is 0 Å². The Hall–Kier alpha value is -2.29. The van der Waals surface area contributed by atoms with Crippen LogP contribution in [0.25, 0.3) is 0 Å². The monoisotopic (exact) mass is 270 g/mol. The Morgan fingerprint density at radius 2 is 1.60 bits per heavy atom. The van der Waals surface area contributed by atoms with E-state index in [2.05, 4.69) is 10.6 Å². The quantitative estimate of drug-likeness (QED) is 0.879. The van der Waals surface area contributed by atoms with Crippen molar-refractivity contribution in [1.82, 2.24) is 0 Å². The number of carbonyl (C=O) groups excluding carboxylic acids is 1. The summed E-state index contributed by atoms with van der Waals surface area (Å²) < 4.78 is 0. The zero-order chi connectivity index (χ0) is 14.8. The van der Waals surface area contributed by atoms with Gasteiger partial charge in [0.1, 0.15) is 0 Å². The fourth-order valence-electron chi connectivity index (χ4n) is 1.67. The molecule has 0 saturated heterocycles. The number of para-hydroxylation sites is 1. The van der Waals surface area contributed by atoms with Crippen molar-refractivity contribution >= 4 is 17.3 Å². The summed E-state index contributed by atoms with van der Waals surface area (Å²) in [7, 11) is 0. The first-order valence-corrected chi connectivity index (χ1v) is 6.89. The third kappa shape index (κ3) is 5.57. The molecule has 106 valence electrons. The number of hydrogen-bond acceptors (Lipinski definition) is 2. The first-order chi connectivity index (χ1) is 9.74. The van der Waals surface area contributed by atoms with Gasteiger partial charge in [-0.1, -0.05) is 44.2 Å². The number of nitrogens with one attached hydrogen (secondary N) is 2. The van der Waals surface area contributed by atoms with Gasteiger partial charge >= 0.3 is 0 Å². The summed E-state index contributed by atoms with van der Waals surface area (Å²) in [5.41, 5.74) is 2.90. The molecule has 2 aromatic rings. The zero-order valence-corrected chi connectivity index (χ0v) is 12.3. The number of benzene rings is 2. The number of anilines is 2. The molecule has 20 heavy (non-hydrogen) atoms. The molecular formula is C17H22N2O. The highest BCUT2D eigenvalue weighted by atomic mass is 16.1. The van der Waals surface area contributed by atoms with Gasteiger partial charge in [-0.3, -0.25) is 4.79 Å². The Bertz CT molecular complexity index is 524. The van der Waals surface area contributed by atoms with Gasteiger partial charge in [-0.2, -0.15) is 0 Å². The maximum atomic E-state index is 11.7. The normalized spacial score (nSPS) is 9.15. The Balaban J connectivity index is 0.000000956. The summed E-state index contributed by atoms with van der Waals surface area (Å²) in [6.45, 7) is 6.26. The van der Waals surface area contributed by atoms with Gasteiger partial charge in [-0.25, -0.2) is 0 Å². The molecule has 0 spiro atoms. The second-order valence-corrected chi connectivity index (χ2v) is 4.14. The zero-order valence-electron chi connectivity index (χ0n) is 12.3. The molecule has 0 aliphatic heterocycles. The van der Waals surface area contributed by atoms with Crippen molar-refractivity contribution in [1.29, 1.82) is 0 Å². The maximum Gasteiger partial charge on any atom is 0.243 e. The summed E-state index contributed by atoms with van der Waals surface area (Å²) in [5, 5.41) is 5.92. The van der Waals surface area contributed by atoms with Gasteiger partial charge < -0.3 is 10.6 Å². The average molecular weight is 270 g/mol. The maximum absolute atomic E-state index is 11.7. The van der Waals surface area contributed by atoms with Gasteiger partial charge in [0, 0.05) is 11.4 Å². The summed E-state index contributed by atoms with van der Waals surface area (Å²) in [6, 6.07) is 17.4. The highest BCUT2D eigenvalue weighted by Crippen LogP contribution is 2.09. The second-order valence-electron chi connectivity index (χ2n) is 4.14. The van der Waals surface area contributed by atoms with Crippen LogP contribution >= 0.6 is 0 Å². The molecule has 3 heteroatoms. The Morgan fingerprint density at radius 3 is 2.25 bits per heavy atom. The third-order valence-electron chi connectivity index (χ3n) is 2.53. The topological polar surface area (TPSA) is 41.1 Å². The molecule has 0 unspecified atom stereocenters. The van der Waals surface area contributed by atoms with Crippen molar-refractivity contribution in [3.05, 3.63) is 60.2 Å². The van der Waals surface area contributed by atoms with Gasteiger partial charge in [-0.15, -0.1) is 0 Å². The molecule has 1 amide bonds. The minimum Gasteiger partial charge on any atom is -0.376 e. The highest BCUT2D eigenvalue weighted by molar-refractivity contribution is 5.93. The molecule has 0 radical (unpaired) electrons. The Morgan fingerprint density at radius 1 is 0.950 bits per heavy atom. The minimum atomic E-state index is -0.0514. The smallest absolute Gasteiger partial charge is 0.243 e. The lowest BCUT2D eigenvalue weighted by molar-refractivity contribution is -0.114. The van der Waals surface area contributed by atoms with E-state index in [1.165, 1.54) is 0 Å². The van der Waals surface area contributed by atoms with Crippen molar-refractivity contribution < 1.29 is 4.79 Å². The molecule has 0 heterocycles. The van der Waals surface area contributed by atoms with Crippen LogP contribution < -0.4 is 10.6 Å². The molecule has 2 N–H and O–H groups in total. The van der Waals surface area contributed by atoms with Crippen LogP contribution in [-0.2, 0) is 4.79 Å². The second kappa shape index (κ2) is 8.75. The molecule has 2 aromatic carbocycles. The summed E-state index contributed by atoms with van der Waals surface area (Å²) in [6.07, 6.45) is 0. The van der Waals surface area contributed by atoms with Crippen molar-refractivity contribution in [3.63, 3.8) is 0 Å². The SMILES string of the molecule is CC.Cc1cccc(NC(=O)CNc2ccccc2)c1. The molecule has 0 bridgehead atoms. The van der Waals surface area contributed by atoms with E-state index in [9.17, 15) is 4.79 Å². The minimum absolute atomic E-state index is 0.0514. The highest BCUT2D eigenvalue weighted by Gasteiger charge is 2.01. The van der Waals surface area contributed by atoms with E-state index < -0.39 is 0 Å². The van der Waals surface area contributed by atoms with Crippen molar-refractivity contribution in [2.45, 2.75) is 20.8 Å². The largest absolute Gasteiger partial charge is 0.376 e. The van der Waals surface area contributed by atoms with Gasteiger partial charge in [0.25, 0.3) is 0 Å². The molecular weight excluding hydrogens is 248 g/mol.